The summed E-state index contributed by atoms with van der Waals surface area (Å²) in [5, 5.41) is 8.33. The average molecular weight is 476 g/mol. The number of anilines is 2. The van der Waals surface area contributed by atoms with Gasteiger partial charge in [-0.05, 0) is 81.0 Å². The van der Waals surface area contributed by atoms with Gasteiger partial charge in [-0.15, -0.1) is 0 Å². The fourth-order valence-electron chi connectivity index (χ4n) is 3.66. The van der Waals surface area contributed by atoms with E-state index in [1.54, 1.807) is 12.4 Å². The van der Waals surface area contributed by atoms with Crippen LogP contribution in [0.15, 0.2) is 54.9 Å². The van der Waals surface area contributed by atoms with Crippen molar-refractivity contribution in [1.82, 2.24) is 15.3 Å². The van der Waals surface area contributed by atoms with E-state index in [1.165, 1.54) is 13.8 Å². The number of aryl methyl sites for hydroxylation is 1. The van der Waals surface area contributed by atoms with Crippen LogP contribution in [0.5, 0.6) is 0 Å². The number of hydrogen-bond acceptors (Lipinski definition) is 4. The number of hydrogen-bond donors (Lipinski definition) is 3. The van der Waals surface area contributed by atoms with Crippen LogP contribution in [0, 0.1) is 12.8 Å². The van der Waals surface area contributed by atoms with Crippen LogP contribution in [-0.2, 0) is 4.79 Å². The molecule has 7 nitrogen and oxygen atoms in total. The van der Waals surface area contributed by atoms with Crippen molar-refractivity contribution in [3.8, 4) is 22.3 Å². The number of alkyl halides is 1. The quantitative estimate of drug-likeness (QED) is 0.388. The summed E-state index contributed by atoms with van der Waals surface area (Å²) in [7, 11) is 0. The van der Waals surface area contributed by atoms with Crippen LogP contribution in [0.3, 0.4) is 0 Å². The molecule has 2 aromatic heterocycles. The highest BCUT2D eigenvalue weighted by Crippen LogP contribution is 2.32. The molecule has 1 fully saturated rings. The van der Waals surface area contributed by atoms with E-state index in [2.05, 4.69) is 25.9 Å². The molecular formula is C27H30FN5O2. The second-order valence-corrected chi connectivity index (χ2v) is 9.48. The predicted molar refractivity (Wildman–Crippen MR) is 136 cm³/mol. The summed E-state index contributed by atoms with van der Waals surface area (Å²) in [5.41, 5.74) is 3.75. The van der Waals surface area contributed by atoms with Crippen molar-refractivity contribution in [2.75, 3.05) is 17.2 Å². The number of halogens is 1. The second kappa shape index (κ2) is 10.2. The van der Waals surface area contributed by atoms with Crippen molar-refractivity contribution < 1.29 is 14.0 Å². The lowest BCUT2D eigenvalue weighted by Gasteiger charge is -2.15. The van der Waals surface area contributed by atoms with Gasteiger partial charge in [0.25, 0.3) is 0 Å². The van der Waals surface area contributed by atoms with Gasteiger partial charge in [-0.2, -0.15) is 0 Å². The molecule has 182 valence electrons. The van der Waals surface area contributed by atoms with Crippen LogP contribution in [0.1, 0.15) is 38.8 Å². The molecule has 1 aliphatic rings. The number of carbonyl (C=O) groups is 2. The fraction of sp³-hybridized carbons (Fsp3) is 0.333. The third kappa shape index (κ3) is 6.85. The summed E-state index contributed by atoms with van der Waals surface area (Å²) >= 11 is 0. The maximum Gasteiger partial charge on any atom is 0.319 e. The normalized spacial score (nSPS) is 13.3. The molecule has 2 heterocycles. The van der Waals surface area contributed by atoms with E-state index >= 15 is 0 Å². The fourth-order valence-corrected chi connectivity index (χ4v) is 3.66. The van der Waals surface area contributed by atoms with Gasteiger partial charge in [-0.3, -0.25) is 9.78 Å². The number of aromatic nitrogens is 2. The zero-order valence-electron chi connectivity index (χ0n) is 20.2. The molecule has 1 aromatic carbocycles. The van der Waals surface area contributed by atoms with Crippen LogP contribution in [0.2, 0.25) is 0 Å². The Labute approximate surface area is 204 Å². The van der Waals surface area contributed by atoms with Gasteiger partial charge in [0.15, 0.2) is 0 Å². The molecule has 3 N–H and O–H groups in total. The SMILES string of the molecule is Cc1ncc(NC(=O)NCCC(C)(C)F)cc1-c1cccc(-c2ccnc(NC(=O)C3CC3)c2)c1. The highest BCUT2D eigenvalue weighted by Gasteiger charge is 2.29. The highest BCUT2D eigenvalue weighted by atomic mass is 19.1. The molecule has 3 amide bonds. The van der Waals surface area contributed by atoms with Gasteiger partial charge < -0.3 is 16.0 Å². The Morgan fingerprint density at radius 2 is 1.77 bits per heavy atom. The molecule has 0 bridgehead atoms. The molecule has 4 rings (SSSR count). The summed E-state index contributed by atoms with van der Waals surface area (Å²) in [6, 6.07) is 13.2. The van der Waals surface area contributed by atoms with Crippen molar-refractivity contribution in [3.63, 3.8) is 0 Å². The van der Waals surface area contributed by atoms with Gasteiger partial charge in [-0.1, -0.05) is 18.2 Å². The minimum atomic E-state index is -1.34. The summed E-state index contributed by atoms with van der Waals surface area (Å²) in [6.07, 6.45) is 5.38. The number of benzene rings is 1. The van der Waals surface area contributed by atoms with E-state index < -0.39 is 11.7 Å². The molecular weight excluding hydrogens is 445 g/mol. The van der Waals surface area contributed by atoms with Gasteiger partial charge in [0.1, 0.15) is 11.5 Å². The van der Waals surface area contributed by atoms with E-state index in [0.29, 0.717) is 11.5 Å². The van der Waals surface area contributed by atoms with Gasteiger partial charge >= 0.3 is 6.03 Å². The molecule has 0 atom stereocenters. The van der Waals surface area contributed by atoms with Crippen LogP contribution in [0.25, 0.3) is 22.3 Å². The first-order valence-electron chi connectivity index (χ1n) is 11.8. The van der Waals surface area contributed by atoms with Crippen LogP contribution in [0.4, 0.5) is 20.7 Å². The molecule has 0 unspecified atom stereocenters. The van der Waals surface area contributed by atoms with Gasteiger partial charge in [0, 0.05) is 29.9 Å². The number of pyridine rings is 2. The second-order valence-electron chi connectivity index (χ2n) is 9.48. The third-order valence-corrected chi connectivity index (χ3v) is 5.82. The molecule has 0 saturated heterocycles. The maximum absolute atomic E-state index is 13.6. The number of rotatable bonds is 8. The van der Waals surface area contributed by atoms with Crippen LogP contribution in [-0.4, -0.2) is 34.1 Å². The Hall–Kier alpha value is -3.81. The Kier molecular flexibility index (Phi) is 7.10. The maximum atomic E-state index is 13.6. The summed E-state index contributed by atoms with van der Waals surface area (Å²) in [6.45, 7) is 5.10. The Balaban J connectivity index is 1.50. The average Bonchev–Trinajstić information content (AvgIpc) is 3.65. The Morgan fingerprint density at radius 1 is 1.03 bits per heavy atom. The van der Waals surface area contributed by atoms with Gasteiger partial charge in [0.2, 0.25) is 5.91 Å². The molecule has 0 spiro atoms. The van der Waals surface area contributed by atoms with Crippen molar-refractivity contribution in [2.45, 2.75) is 45.7 Å². The number of nitrogens with zero attached hydrogens (tertiary/aromatic N) is 2. The van der Waals surface area contributed by atoms with Crippen LogP contribution >= 0.6 is 0 Å². The Morgan fingerprint density at radius 3 is 2.51 bits per heavy atom. The van der Waals surface area contributed by atoms with E-state index in [1.807, 2.05) is 49.4 Å². The third-order valence-electron chi connectivity index (χ3n) is 5.82. The molecule has 0 aliphatic heterocycles. The largest absolute Gasteiger partial charge is 0.338 e. The van der Waals surface area contributed by atoms with E-state index in [0.717, 1.165) is 40.8 Å². The molecule has 0 radical (unpaired) electrons. The monoisotopic (exact) mass is 475 g/mol. The smallest absolute Gasteiger partial charge is 0.319 e. The first kappa shape index (κ1) is 24.3. The van der Waals surface area contributed by atoms with Crippen molar-refractivity contribution in [1.29, 1.82) is 0 Å². The van der Waals surface area contributed by atoms with E-state index in [4.69, 9.17) is 0 Å². The van der Waals surface area contributed by atoms with Crippen molar-refractivity contribution >= 4 is 23.4 Å². The minimum Gasteiger partial charge on any atom is -0.338 e. The highest BCUT2D eigenvalue weighted by molar-refractivity contribution is 5.94. The standard InChI is InChI=1S/C27H30FN5O2/c1-17-23(15-22(16-31-17)32-26(35)30-12-10-27(2,3)28)21-6-4-5-19(13-21)20-9-11-29-24(14-20)33-25(34)18-7-8-18/h4-6,9,11,13-16,18H,7-8,10,12H2,1-3H3,(H,29,33,34)(H2,30,32,35). The van der Waals surface area contributed by atoms with E-state index in [9.17, 15) is 14.0 Å². The number of amides is 3. The topological polar surface area (TPSA) is 96.0 Å². The number of nitrogens with one attached hydrogen (secondary N) is 3. The summed E-state index contributed by atoms with van der Waals surface area (Å²) in [5.74, 6) is 0.667. The molecule has 1 aliphatic carbocycles. The number of carbonyl (C=O) groups excluding carboxylic acids is 2. The minimum absolute atomic E-state index is 0.0202. The molecule has 3 aromatic rings. The van der Waals surface area contributed by atoms with Gasteiger partial charge in [0.05, 0.1) is 11.9 Å². The predicted octanol–water partition coefficient (Wildman–Crippen LogP) is 5.73. The zero-order chi connectivity index (χ0) is 25.0. The lowest BCUT2D eigenvalue weighted by Crippen LogP contribution is -2.32. The molecule has 8 heteroatoms. The number of urea groups is 1. The van der Waals surface area contributed by atoms with E-state index in [-0.39, 0.29) is 24.8 Å². The molecule has 1 saturated carbocycles. The summed E-state index contributed by atoms with van der Waals surface area (Å²) in [4.78, 5) is 33.0. The van der Waals surface area contributed by atoms with Crippen molar-refractivity contribution in [2.24, 2.45) is 5.92 Å². The van der Waals surface area contributed by atoms with Crippen molar-refractivity contribution in [3.05, 3.63) is 60.6 Å². The van der Waals surface area contributed by atoms with Crippen LogP contribution < -0.4 is 16.0 Å². The lowest BCUT2D eigenvalue weighted by molar-refractivity contribution is -0.117. The first-order chi connectivity index (χ1) is 16.7. The summed E-state index contributed by atoms with van der Waals surface area (Å²) < 4.78 is 13.6. The lowest BCUT2D eigenvalue weighted by atomic mass is 9.98. The van der Waals surface area contributed by atoms with Gasteiger partial charge in [-0.25, -0.2) is 14.2 Å². The zero-order valence-corrected chi connectivity index (χ0v) is 20.2. The first-order valence-corrected chi connectivity index (χ1v) is 11.8. The Bertz CT molecular complexity index is 1230. The molecule has 35 heavy (non-hydrogen) atoms.